The predicted molar refractivity (Wildman–Crippen MR) is 94.8 cm³/mol. The molecule has 0 aliphatic carbocycles. The first-order valence-electron chi connectivity index (χ1n) is 8.10. The van der Waals surface area contributed by atoms with Gasteiger partial charge in [0, 0.05) is 17.3 Å². The van der Waals surface area contributed by atoms with Crippen LogP contribution in [0.5, 0.6) is 5.75 Å². The molecule has 2 unspecified atom stereocenters. The maximum absolute atomic E-state index is 13.2. The number of piperidine rings is 1. The Morgan fingerprint density at radius 2 is 1.65 bits per heavy atom. The van der Waals surface area contributed by atoms with Gasteiger partial charge in [-0.3, -0.25) is 0 Å². The molecule has 1 aromatic carbocycles. The Balaban J connectivity index is 1.97. The van der Waals surface area contributed by atoms with E-state index in [0.717, 1.165) is 42.6 Å². The number of aryl methyl sites for hydroxylation is 2. The van der Waals surface area contributed by atoms with Gasteiger partial charge in [0.15, 0.2) is 0 Å². The van der Waals surface area contributed by atoms with Crippen LogP contribution in [-0.2, 0) is 10.0 Å². The maximum Gasteiger partial charge on any atom is 0.243 e. The van der Waals surface area contributed by atoms with Gasteiger partial charge in [-0.15, -0.1) is 0 Å². The third kappa shape index (κ3) is 2.89. The van der Waals surface area contributed by atoms with Crippen molar-refractivity contribution in [2.24, 2.45) is 0 Å². The molecule has 3 rings (SSSR count). The lowest BCUT2D eigenvalue weighted by atomic mass is 10.1. The normalized spacial score (nSPS) is 28.1. The fraction of sp³-hybridized carbons (Fsp3) is 0.647. The molecular formula is C17H25NO3S2. The first-order valence-corrected chi connectivity index (χ1v) is 10.8. The Kier molecular flexibility index (Phi) is 4.69. The molecule has 0 aromatic heterocycles. The summed E-state index contributed by atoms with van der Waals surface area (Å²) < 4.78 is 33.6. The summed E-state index contributed by atoms with van der Waals surface area (Å²) in [5, 5.41) is 0.596. The number of nitrogens with zero attached hydrogens (tertiary/aromatic N) is 1. The standard InChI is InChI=1S/C17H25NO3S2/c1-11-7-16(8-12(2)17(11)21-3)23(19,20)18-13-5-6-14(18)10-15(9-13)22-4/h7-8,13-15H,5-6,9-10H2,1-4H3. The molecule has 2 saturated heterocycles. The molecule has 1 aromatic rings. The Bertz CT molecular complexity index is 665. The zero-order valence-electron chi connectivity index (χ0n) is 14.2. The summed E-state index contributed by atoms with van der Waals surface area (Å²) in [4.78, 5) is 0.410. The fourth-order valence-electron chi connectivity index (χ4n) is 4.17. The third-order valence-electron chi connectivity index (χ3n) is 5.17. The highest BCUT2D eigenvalue weighted by molar-refractivity contribution is 7.99. The molecule has 2 aliphatic heterocycles. The highest BCUT2D eigenvalue weighted by Gasteiger charge is 2.47. The lowest BCUT2D eigenvalue weighted by Crippen LogP contribution is -2.47. The van der Waals surface area contributed by atoms with Crippen LogP contribution < -0.4 is 4.74 Å². The van der Waals surface area contributed by atoms with Gasteiger partial charge >= 0.3 is 0 Å². The molecule has 0 radical (unpaired) electrons. The number of rotatable bonds is 4. The summed E-state index contributed by atoms with van der Waals surface area (Å²) in [6, 6.07) is 3.83. The van der Waals surface area contributed by atoms with Gasteiger partial charge in [0.1, 0.15) is 5.75 Å². The highest BCUT2D eigenvalue weighted by Crippen LogP contribution is 2.43. The molecule has 0 amide bonds. The highest BCUT2D eigenvalue weighted by atomic mass is 32.2. The van der Waals surface area contributed by atoms with Crippen molar-refractivity contribution in [2.75, 3.05) is 13.4 Å². The molecule has 128 valence electrons. The van der Waals surface area contributed by atoms with E-state index in [1.54, 1.807) is 23.5 Å². The Morgan fingerprint density at radius 3 is 2.09 bits per heavy atom. The van der Waals surface area contributed by atoms with E-state index in [4.69, 9.17) is 4.74 Å². The quantitative estimate of drug-likeness (QED) is 0.831. The van der Waals surface area contributed by atoms with Gasteiger partial charge in [-0.1, -0.05) is 0 Å². The first kappa shape index (κ1) is 17.1. The monoisotopic (exact) mass is 355 g/mol. The van der Waals surface area contributed by atoms with Crippen molar-refractivity contribution in [3.63, 3.8) is 0 Å². The number of benzene rings is 1. The van der Waals surface area contributed by atoms with Gasteiger partial charge in [0.05, 0.1) is 12.0 Å². The molecule has 0 saturated carbocycles. The number of fused-ring (bicyclic) bond motifs is 2. The van der Waals surface area contributed by atoms with Gasteiger partial charge in [-0.25, -0.2) is 8.42 Å². The molecule has 6 heteroatoms. The number of sulfonamides is 1. The number of methoxy groups -OCH3 is 1. The van der Waals surface area contributed by atoms with Crippen molar-refractivity contribution in [3.05, 3.63) is 23.3 Å². The number of hydrogen-bond donors (Lipinski definition) is 0. The van der Waals surface area contributed by atoms with E-state index in [1.165, 1.54) is 0 Å². The zero-order valence-corrected chi connectivity index (χ0v) is 15.8. The largest absolute Gasteiger partial charge is 0.496 e. The van der Waals surface area contributed by atoms with Crippen LogP contribution in [0.2, 0.25) is 0 Å². The second-order valence-electron chi connectivity index (χ2n) is 6.64. The Hall–Kier alpha value is -0.720. The minimum atomic E-state index is -3.43. The summed E-state index contributed by atoms with van der Waals surface area (Å²) in [7, 11) is -1.81. The molecule has 2 atom stereocenters. The van der Waals surface area contributed by atoms with Crippen LogP contribution >= 0.6 is 11.8 Å². The molecule has 2 heterocycles. The van der Waals surface area contributed by atoms with E-state index in [0.29, 0.717) is 10.1 Å². The van der Waals surface area contributed by atoms with Crippen molar-refractivity contribution in [1.82, 2.24) is 4.31 Å². The van der Waals surface area contributed by atoms with Crippen LogP contribution in [-0.4, -0.2) is 43.4 Å². The lowest BCUT2D eigenvalue weighted by Gasteiger charge is -2.37. The molecule has 4 nitrogen and oxygen atoms in total. The second kappa shape index (κ2) is 6.30. The average molecular weight is 356 g/mol. The van der Waals surface area contributed by atoms with E-state index in [9.17, 15) is 8.42 Å². The molecule has 0 N–H and O–H groups in total. The van der Waals surface area contributed by atoms with E-state index in [2.05, 4.69) is 6.26 Å². The number of hydrogen-bond acceptors (Lipinski definition) is 4. The van der Waals surface area contributed by atoms with Gasteiger partial charge in [0.25, 0.3) is 0 Å². The molecule has 23 heavy (non-hydrogen) atoms. The van der Waals surface area contributed by atoms with Crippen LogP contribution in [0.3, 0.4) is 0 Å². The summed E-state index contributed by atoms with van der Waals surface area (Å²) in [6.07, 6.45) is 6.07. The zero-order chi connectivity index (χ0) is 16.8. The average Bonchev–Trinajstić information content (AvgIpc) is 2.78. The molecular weight excluding hydrogens is 330 g/mol. The van der Waals surface area contributed by atoms with Gasteiger partial charge < -0.3 is 4.74 Å². The Labute approximate surface area is 143 Å². The van der Waals surface area contributed by atoms with Crippen molar-refractivity contribution in [2.45, 2.75) is 61.8 Å². The third-order valence-corrected chi connectivity index (χ3v) is 8.20. The van der Waals surface area contributed by atoms with Crippen molar-refractivity contribution < 1.29 is 13.2 Å². The summed E-state index contributed by atoms with van der Waals surface area (Å²) >= 11 is 1.87. The first-order chi connectivity index (χ1) is 10.9. The van der Waals surface area contributed by atoms with Gasteiger partial charge in [-0.05, 0) is 69.0 Å². The molecule has 2 aliphatic rings. The SMILES string of the molecule is COc1c(C)cc(S(=O)(=O)N2C3CCC2CC(SC)C3)cc1C. The summed E-state index contributed by atoms with van der Waals surface area (Å²) in [5.74, 6) is 0.771. The molecule has 0 spiro atoms. The predicted octanol–water partition coefficient (Wildman–Crippen LogP) is 3.36. The van der Waals surface area contributed by atoms with Crippen LogP contribution in [0, 0.1) is 13.8 Å². The topological polar surface area (TPSA) is 46.6 Å². The van der Waals surface area contributed by atoms with E-state index in [-0.39, 0.29) is 12.1 Å². The van der Waals surface area contributed by atoms with Crippen molar-refractivity contribution >= 4 is 21.8 Å². The van der Waals surface area contributed by atoms with Crippen molar-refractivity contribution in [3.8, 4) is 5.75 Å². The lowest BCUT2D eigenvalue weighted by molar-refractivity contribution is 0.253. The van der Waals surface area contributed by atoms with Gasteiger partial charge in [0.2, 0.25) is 10.0 Å². The Morgan fingerprint density at radius 1 is 1.13 bits per heavy atom. The van der Waals surface area contributed by atoms with Gasteiger partial charge in [-0.2, -0.15) is 16.1 Å². The smallest absolute Gasteiger partial charge is 0.243 e. The summed E-state index contributed by atoms with van der Waals surface area (Å²) in [5.41, 5.74) is 1.75. The van der Waals surface area contributed by atoms with Crippen LogP contribution in [0.4, 0.5) is 0 Å². The molecule has 2 fully saturated rings. The minimum absolute atomic E-state index is 0.166. The molecule has 2 bridgehead atoms. The van der Waals surface area contributed by atoms with Crippen molar-refractivity contribution in [1.29, 1.82) is 0 Å². The number of ether oxygens (including phenoxy) is 1. The maximum atomic E-state index is 13.2. The second-order valence-corrected chi connectivity index (χ2v) is 9.62. The summed E-state index contributed by atoms with van der Waals surface area (Å²) in [6.45, 7) is 3.80. The van der Waals surface area contributed by atoms with Crippen LogP contribution in [0.25, 0.3) is 0 Å². The van der Waals surface area contributed by atoms with E-state index < -0.39 is 10.0 Å². The van der Waals surface area contributed by atoms with E-state index in [1.807, 2.05) is 25.6 Å². The fourth-order valence-corrected chi connectivity index (χ4v) is 7.06. The van der Waals surface area contributed by atoms with Crippen LogP contribution in [0.1, 0.15) is 36.8 Å². The van der Waals surface area contributed by atoms with E-state index >= 15 is 0 Å². The number of thioether (sulfide) groups is 1. The van der Waals surface area contributed by atoms with Crippen LogP contribution in [0.15, 0.2) is 17.0 Å². The minimum Gasteiger partial charge on any atom is -0.496 e.